The maximum atomic E-state index is 12.6. The number of fused-ring (bicyclic) bond motifs is 1. The largest absolute Gasteiger partial charge is 0.472 e. The maximum absolute atomic E-state index is 12.6. The molecule has 0 aromatic heterocycles. The Hall–Kier alpha value is -1.78. The molecule has 0 bridgehead atoms. The van der Waals surface area contributed by atoms with E-state index in [9.17, 15) is 18.0 Å². The molecule has 0 spiro atoms. The van der Waals surface area contributed by atoms with Gasteiger partial charge in [0.05, 0.1) is 17.4 Å². The average molecular weight is 228 g/mol. The van der Waals surface area contributed by atoms with Crippen LogP contribution in [-0.4, -0.2) is 0 Å². The van der Waals surface area contributed by atoms with Crippen LogP contribution < -0.4 is 5.43 Å². The van der Waals surface area contributed by atoms with Gasteiger partial charge in [-0.05, 0) is 30.2 Å². The second-order valence-corrected chi connectivity index (χ2v) is 3.43. The monoisotopic (exact) mass is 228 g/mol. The summed E-state index contributed by atoms with van der Waals surface area (Å²) in [4.78, 5) is 11.4. The molecule has 0 radical (unpaired) electrons. The van der Waals surface area contributed by atoms with Gasteiger partial charge < -0.3 is 4.42 Å². The van der Waals surface area contributed by atoms with E-state index in [-0.39, 0.29) is 16.7 Å². The molecule has 0 atom stereocenters. The lowest BCUT2D eigenvalue weighted by molar-refractivity contribution is -0.138. The van der Waals surface area contributed by atoms with Gasteiger partial charge in [-0.3, -0.25) is 4.79 Å². The highest BCUT2D eigenvalue weighted by Crippen LogP contribution is 2.35. The number of rotatable bonds is 0. The molecule has 1 aliphatic carbocycles. The molecule has 0 N–H and O–H groups in total. The van der Waals surface area contributed by atoms with Gasteiger partial charge in [-0.2, -0.15) is 13.2 Å². The van der Waals surface area contributed by atoms with Crippen molar-refractivity contribution in [2.45, 2.75) is 13.1 Å². The van der Waals surface area contributed by atoms with Crippen LogP contribution in [0.25, 0.3) is 11.1 Å². The second kappa shape index (κ2) is 3.37. The van der Waals surface area contributed by atoms with E-state index in [0.717, 1.165) is 6.26 Å². The van der Waals surface area contributed by atoms with Crippen LogP contribution in [0.5, 0.6) is 0 Å². The zero-order valence-electron chi connectivity index (χ0n) is 8.26. The lowest BCUT2D eigenvalue weighted by Crippen LogP contribution is -2.16. The minimum Gasteiger partial charge on any atom is -0.472 e. The highest BCUT2D eigenvalue weighted by atomic mass is 19.4. The minimum absolute atomic E-state index is 0.0397. The first-order valence-corrected chi connectivity index (χ1v) is 4.48. The van der Waals surface area contributed by atoms with Crippen molar-refractivity contribution >= 4 is 0 Å². The topological polar surface area (TPSA) is 30.2 Å². The maximum Gasteiger partial charge on any atom is 0.416 e. The molecule has 0 saturated carbocycles. The summed E-state index contributed by atoms with van der Waals surface area (Å²) in [5.41, 5.74) is -1.11. The molecule has 0 unspecified atom stereocenters. The third-order valence-electron chi connectivity index (χ3n) is 2.44. The fourth-order valence-corrected chi connectivity index (χ4v) is 1.64. The van der Waals surface area contributed by atoms with Crippen LogP contribution in [0.2, 0.25) is 0 Å². The van der Waals surface area contributed by atoms with Crippen LogP contribution in [0.15, 0.2) is 33.9 Å². The summed E-state index contributed by atoms with van der Waals surface area (Å²) >= 11 is 0. The molecule has 1 heterocycles. The van der Waals surface area contributed by atoms with E-state index in [4.69, 9.17) is 4.42 Å². The molecule has 0 aromatic rings. The van der Waals surface area contributed by atoms with E-state index < -0.39 is 17.2 Å². The normalized spacial score (nSPS) is 12.0. The van der Waals surface area contributed by atoms with Crippen LogP contribution in [0.1, 0.15) is 11.1 Å². The summed E-state index contributed by atoms with van der Waals surface area (Å²) in [6, 6.07) is 1.97. The fourth-order valence-electron chi connectivity index (χ4n) is 1.64. The van der Waals surface area contributed by atoms with Crippen molar-refractivity contribution in [3.05, 3.63) is 46.0 Å². The van der Waals surface area contributed by atoms with Crippen molar-refractivity contribution in [2.75, 3.05) is 0 Å². The van der Waals surface area contributed by atoms with Gasteiger partial charge in [0, 0.05) is 0 Å². The Morgan fingerprint density at radius 1 is 1.25 bits per heavy atom. The Kier molecular flexibility index (Phi) is 2.26. The van der Waals surface area contributed by atoms with Gasteiger partial charge in [0.25, 0.3) is 0 Å². The van der Waals surface area contributed by atoms with E-state index >= 15 is 0 Å². The number of hydrogen-bond acceptors (Lipinski definition) is 2. The van der Waals surface area contributed by atoms with Gasteiger partial charge in [-0.25, -0.2) is 0 Å². The molecule has 2 nitrogen and oxygen atoms in total. The van der Waals surface area contributed by atoms with E-state index in [1.165, 1.54) is 19.3 Å². The Morgan fingerprint density at radius 2 is 1.94 bits per heavy atom. The zero-order chi connectivity index (χ0) is 11.9. The second-order valence-electron chi connectivity index (χ2n) is 3.43. The summed E-state index contributed by atoms with van der Waals surface area (Å²) < 4.78 is 42.6. The van der Waals surface area contributed by atoms with Gasteiger partial charge in [0.2, 0.25) is 0 Å². The molecule has 0 fully saturated rings. The van der Waals surface area contributed by atoms with Crippen LogP contribution in [0, 0.1) is 6.92 Å². The number of benzene rings is 1. The Bertz CT molecular complexity index is 554. The summed E-state index contributed by atoms with van der Waals surface area (Å²) in [6.45, 7) is 1.34. The van der Waals surface area contributed by atoms with E-state index in [1.807, 2.05) is 0 Å². The first kappa shape index (κ1) is 10.7. The summed E-state index contributed by atoms with van der Waals surface area (Å²) in [7, 11) is 0. The molecule has 2 rings (SSSR count). The van der Waals surface area contributed by atoms with Crippen molar-refractivity contribution < 1.29 is 17.6 Å². The lowest BCUT2D eigenvalue weighted by Gasteiger charge is -2.14. The van der Waals surface area contributed by atoms with Crippen LogP contribution in [-0.2, 0) is 6.18 Å². The Labute approximate surface area is 88.7 Å². The SMILES string of the molecule is Cc1c2ccocc-2c(=O)cc1C(F)(F)F. The van der Waals surface area contributed by atoms with Gasteiger partial charge in [-0.1, -0.05) is 0 Å². The van der Waals surface area contributed by atoms with Crippen LogP contribution in [0.3, 0.4) is 0 Å². The molecular weight excluding hydrogens is 221 g/mol. The third-order valence-corrected chi connectivity index (χ3v) is 2.44. The minimum atomic E-state index is -4.51. The van der Waals surface area contributed by atoms with Gasteiger partial charge in [0.15, 0.2) is 5.43 Å². The fraction of sp³-hybridized carbons (Fsp3) is 0.182. The summed E-state index contributed by atoms with van der Waals surface area (Å²) in [5.74, 6) is 0. The quantitative estimate of drug-likeness (QED) is 0.693. The van der Waals surface area contributed by atoms with Gasteiger partial charge >= 0.3 is 6.18 Å². The average Bonchev–Trinajstić information content (AvgIpc) is 2.22. The van der Waals surface area contributed by atoms with Crippen molar-refractivity contribution in [1.82, 2.24) is 0 Å². The Balaban J connectivity index is 2.87. The highest BCUT2D eigenvalue weighted by molar-refractivity contribution is 5.68. The first-order chi connectivity index (χ1) is 7.41. The summed E-state index contributed by atoms with van der Waals surface area (Å²) in [5, 5.41) is 0. The van der Waals surface area contributed by atoms with E-state index in [1.54, 1.807) is 0 Å². The molecule has 0 saturated heterocycles. The third kappa shape index (κ3) is 1.58. The van der Waals surface area contributed by atoms with Crippen molar-refractivity contribution in [3.8, 4) is 11.1 Å². The number of halogens is 3. The Morgan fingerprint density at radius 3 is 2.56 bits per heavy atom. The molecule has 0 aromatic carbocycles. The zero-order valence-corrected chi connectivity index (χ0v) is 8.26. The van der Waals surface area contributed by atoms with Crippen LogP contribution >= 0.6 is 0 Å². The molecular formula is C11H7F3O2. The van der Waals surface area contributed by atoms with Gasteiger partial charge in [0.1, 0.15) is 6.26 Å². The van der Waals surface area contributed by atoms with E-state index in [0.29, 0.717) is 6.07 Å². The molecule has 1 aliphatic heterocycles. The van der Waals surface area contributed by atoms with Crippen LogP contribution in [0.4, 0.5) is 13.2 Å². The number of alkyl halides is 3. The van der Waals surface area contributed by atoms with E-state index in [2.05, 4.69) is 0 Å². The van der Waals surface area contributed by atoms with Gasteiger partial charge in [-0.15, -0.1) is 0 Å². The molecule has 0 amide bonds. The van der Waals surface area contributed by atoms with Crippen molar-refractivity contribution in [2.24, 2.45) is 0 Å². The van der Waals surface area contributed by atoms with Crippen molar-refractivity contribution in [3.63, 3.8) is 0 Å². The highest BCUT2D eigenvalue weighted by Gasteiger charge is 2.34. The number of hydrogen-bond donors (Lipinski definition) is 0. The molecule has 84 valence electrons. The smallest absolute Gasteiger partial charge is 0.416 e. The summed E-state index contributed by atoms with van der Waals surface area (Å²) in [6.07, 6.45) is -2.11. The predicted octanol–water partition coefficient (Wildman–Crippen LogP) is 3.07. The standard InChI is InChI=1S/C11H7F3O2/c1-6-7-2-3-16-5-8(7)10(15)4-9(6)11(12,13)14/h2-5H,1H3. The molecule has 16 heavy (non-hydrogen) atoms. The predicted molar refractivity (Wildman–Crippen MR) is 51.3 cm³/mol. The lowest BCUT2D eigenvalue weighted by atomic mass is 9.96. The molecule has 5 heteroatoms. The van der Waals surface area contributed by atoms with Crippen molar-refractivity contribution in [1.29, 1.82) is 0 Å². The molecule has 2 aliphatic rings. The first-order valence-electron chi connectivity index (χ1n) is 4.48.